The molecule has 6 heteroatoms. The molecular weight excluding hydrogens is 240 g/mol. The molecule has 0 unspecified atom stereocenters. The van der Waals surface area contributed by atoms with Crippen LogP contribution in [0.4, 0.5) is 0 Å². The van der Waals surface area contributed by atoms with Gasteiger partial charge in [0, 0.05) is 13.1 Å². The average molecular weight is 255 g/mol. The molecule has 1 aromatic heterocycles. The highest BCUT2D eigenvalue weighted by Gasteiger charge is 2.29. The number of fused-ring (bicyclic) bond motifs is 1. The molecule has 1 fully saturated rings. The van der Waals surface area contributed by atoms with Crippen molar-refractivity contribution in [1.29, 1.82) is 0 Å². The van der Waals surface area contributed by atoms with Crippen molar-refractivity contribution in [3.63, 3.8) is 0 Å². The van der Waals surface area contributed by atoms with E-state index in [1.165, 1.54) is 0 Å². The third kappa shape index (κ3) is 1.93. The van der Waals surface area contributed by atoms with Gasteiger partial charge in [0.05, 0.1) is 18.8 Å². The molecule has 1 atom stereocenters. The van der Waals surface area contributed by atoms with Gasteiger partial charge < -0.3 is 14.8 Å². The summed E-state index contributed by atoms with van der Waals surface area (Å²) in [6.07, 6.45) is 3.69. The topological polar surface area (TPSA) is 50.2 Å². The summed E-state index contributed by atoms with van der Waals surface area (Å²) in [6, 6.07) is 0.00647. The Morgan fingerprint density at radius 3 is 3.18 bits per heavy atom. The van der Waals surface area contributed by atoms with E-state index in [0.29, 0.717) is 11.7 Å². The molecule has 5 nitrogen and oxygen atoms in total. The Labute approximate surface area is 105 Å². The second-order valence-electron chi connectivity index (χ2n) is 4.56. The summed E-state index contributed by atoms with van der Waals surface area (Å²) in [6.45, 7) is 2.99. The Kier molecular flexibility index (Phi) is 2.80. The zero-order valence-corrected chi connectivity index (χ0v) is 10.3. The van der Waals surface area contributed by atoms with Crippen molar-refractivity contribution in [2.75, 3.05) is 13.1 Å². The van der Waals surface area contributed by atoms with Gasteiger partial charge in [-0.05, 0) is 19.4 Å². The average Bonchev–Trinajstić information content (AvgIpc) is 2.98. The molecule has 1 N–H and O–H groups in total. The Bertz CT molecular complexity index is 439. The summed E-state index contributed by atoms with van der Waals surface area (Å²) in [7, 11) is 0. The largest absolute Gasteiger partial charge is 0.332 e. The number of nitrogens with one attached hydrogen (secondary N) is 1. The molecule has 0 spiro atoms. The monoisotopic (exact) mass is 254 g/mol. The van der Waals surface area contributed by atoms with E-state index in [-0.39, 0.29) is 11.9 Å². The molecule has 92 valence electrons. The molecule has 0 aliphatic carbocycles. The van der Waals surface area contributed by atoms with Crippen LogP contribution in [0.25, 0.3) is 0 Å². The zero-order chi connectivity index (χ0) is 11.8. The van der Waals surface area contributed by atoms with Crippen molar-refractivity contribution in [3.8, 4) is 0 Å². The van der Waals surface area contributed by atoms with Crippen LogP contribution in [0.5, 0.6) is 0 Å². The quantitative estimate of drug-likeness (QED) is 0.800. The molecule has 0 radical (unpaired) electrons. The van der Waals surface area contributed by atoms with E-state index in [2.05, 4.69) is 10.3 Å². The van der Waals surface area contributed by atoms with Crippen LogP contribution in [0, 0.1) is 0 Å². The van der Waals surface area contributed by atoms with E-state index in [1.54, 1.807) is 6.20 Å². The Balaban J connectivity index is 1.73. The lowest BCUT2D eigenvalue weighted by molar-refractivity contribution is -0.134. The fourth-order valence-electron chi connectivity index (χ4n) is 2.53. The summed E-state index contributed by atoms with van der Waals surface area (Å²) < 4.78 is 1.97. The summed E-state index contributed by atoms with van der Waals surface area (Å²) in [5.41, 5.74) is 0. The van der Waals surface area contributed by atoms with Crippen molar-refractivity contribution < 1.29 is 4.79 Å². The van der Waals surface area contributed by atoms with E-state index in [9.17, 15) is 4.79 Å². The first kappa shape index (κ1) is 11.0. The first-order valence-corrected chi connectivity index (χ1v) is 6.35. The molecule has 0 saturated carbocycles. The maximum absolute atomic E-state index is 12.2. The molecule has 3 heterocycles. The molecule has 17 heavy (non-hydrogen) atoms. The van der Waals surface area contributed by atoms with Gasteiger partial charge in [-0.15, -0.1) is 0 Å². The third-order valence-electron chi connectivity index (χ3n) is 3.49. The molecule has 2 aliphatic rings. The number of carbonyl (C=O) groups excluding carboxylic acids is 1. The van der Waals surface area contributed by atoms with Crippen LogP contribution in [0.1, 0.15) is 18.7 Å². The van der Waals surface area contributed by atoms with Crippen LogP contribution in [0.3, 0.4) is 0 Å². The molecule has 1 saturated heterocycles. The number of hydrogen-bond acceptors (Lipinski definition) is 3. The first-order chi connectivity index (χ1) is 8.25. The van der Waals surface area contributed by atoms with E-state index in [0.717, 1.165) is 38.3 Å². The number of amides is 1. The standard InChI is InChI=1S/C11H15ClN4O/c12-9-6-14-10-7-15(4-5-16(9)10)11(17)8-2-1-3-13-8/h6,8,13H,1-5,7H2/t8-/m0/s1. The maximum Gasteiger partial charge on any atom is 0.240 e. The first-order valence-electron chi connectivity index (χ1n) is 5.98. The van der Waals surface area contributed by atoms with Crippen LogP contribution in [-0.4, -0.2) is 39.5 Å². The van der Waals surface area contributed by atoms with Crippen LogP contribution < -0.4 is 5.32 Å². The van der Waals surface area contributed by atoms with Gasteiger partial charge in [-0.2, -0.15) is 0 Å². The van der Waals surface area contributed by atoms with Crippen LogP contribution in [-0.2, 0) is 17.9 Å². The third-order valence-corrected chi connectivity index (χ3v) is 3.79. The summed E-state index contributed by atoms with van der Waals surface area (Å²) in [5, 5.41) is 3.90. The molecule has 1 amide bonds. The minimum absolute atomic E-state index is 0.00647. The molecule has 0 aromatic carbocycles. The lowest BCUT2D eigenvalue weighted by Crippen LogP contribution is -2.46. The van der Waals surface area contributed by atoms with Crippen LogP contribution in [0.15, 0.2) is 6.20 Å². The van der Waals surface area contributed by atoms with Crippen LogP contribution in [0.2, 0.25) is 5.15 Å². The van der Waals surface area contributed by atoms with E-state index < -0.39 is 0 Å². The van der Waals surface area contributed by atoms with Gasteiger partial charge in [0.1, 0.15) is 11.0 Å². The highest BCUT2D eigenvalue weighted by atomic mass is 35.5. The molecular formula is C11H15ClN4O. The van der Waals surface area contributed by atoms with Crippen molar-refractivity contribution in [2.24, 2.45) is 0 Å². The van der Waals surface area contributed by atoms with Crippen molar-refractivity contribution in [2.45, 2.75) is 32.0 Å². The minimum atomic E-state index is 0.00647. The van der Waals surface area contributed by atoms with Crippen molar-refractivity contribution in [3.05, 3.63) is 17.2 Å². The minimum Gasteiger partial charge on any atom is -0.332 e. The fraction of sp³-hybridized carbons (Fsp3) is 0.636. The summed E-state index contributed by atoms with van der Waals surface area (Å²) >= 11 is 6.00. The van der Waals surface area contributed by atoms with Gasteiger partial charge in [0.2, 0.25) is 5.91 Å². The van der Waals surface area contributed by atoms with Gasteiger partial charge in [-0.25, -0.2) is 4.98 Å². The second kappa shape index (κ2) is 4.31. The van der Waals surface area contributed by atoms with Crippen molar-refractivity contribution >= 4 is 17.5 Å². The van der Waals surface area contributed by atoms with Gasteiger partial charge in [0.15, 0.2) is 0 Å². The zero-order valence-electron chi connectivity index (χ0n) is 9.53. The number of carbonyl (C=O) groups is 1. The molecule has 2 aliphatic heterocycles. The summed E-state index contributed by atoms with van der Waals surface area (Å²) in [5.74, 6) is 1.08. The van der Waals surface area contributed by atoms with Gasteiger partial charge in [-0.1, -0.05) is 11.6 Å². The number of nitrogens with zero attached hydrogens (tertiary/aromatic N) is 3. The van der Waals surface area contributed by atoms with Crippen LogP contribution >= 0.6 is 11.6 Å². The number of imidazole rings is 1. The second-order valence-corrected chi connectivity index (χ2v) is 4.94. The lowest BCUT2D eigenvalue weighted by atomic mass is 10.2. The lowest BCUT2D eigenvalue weighted by Gasteiger charge is -2.30. The number of rotatable bonds is 1. The normalized spacial score (nSPS) is 23.8. The predicted octanol–water partition coefficient (Wildman–Crippen LogP) is 0.631. The van der Waals surface area contributed by atoms with E-state index >= 15 is 0 Å². The predicted molar refractivity (Wildman–Crippen MR) is 63.7 cm³/mol. The Hall–Kier alpha value is -1.07. The summed E-state index contributed by atoms with van der Waals surface area (Å²) in [4.78, 5) is 18.3. The number of hydrogen-bond donors (Lipinski definition) is 1. The van der Waals surface area contributed by atoms with Gasteiger partial charge in [0.25, 0.3) is 0 Å². The molecule has 0 bridgehead atoms. The van der Waals surface area contributed by atoms with Crippen molar-refractivity contribution in [1.82, 2.24) is 19.8 Å². The highest BCUT2D eigenvalue weighted by molar-refractivity contribution is 6.29. The molecule has 1 aromatic rings. The number of aromatic nitrogens is 2. The number of halogens is 1. The smallest absolute Gasteiger partial charge is 0.240 e. The highest BCUT2D eigenvalue weighted by Crippen LogP contribution is 2.19. The fourth-order valence-corrected chi connectivity index (χ4v) is 2.76. The Morgan fingerprint density at radius 1 is 1.53 bits per heavy atom. The maximum atomic E-state index is 12.2. The SMILES string of the molecule is O=C([C@@H]1CCCN1)N1CCn2c(Cl)cnc2C1. The molecule has 3 rings (SSSR count). The van der Waals surface area contributed by atoms with E-state index in [4.69, 9.17) is 11.6 Å². The van der Waals surface area contributed by atoms with E-state index in [1.807, 2.05) is 9.47 Å². The Morgan fingerprint density at radius 2 is 2.41 bits per heavy atom. The van der Waals surface area contributed by atoms with Gasteiger partial charge >= 0.3 is 0 Å². The van der Waals surface area contributed by atoms with Gasteiger partial charge in [-0.3, -0.25) is 4.79 Å².